The third-order valence-corrected chi connectivity index (χ3v) is 3.61. The molecule has 0 saturated carbocycles. The van der Waals surface area contributed by atoms with Crippen molar-refractivity contribution < 1.29 is 13.6 Å². The van der Waals surface area contributed by atoms with Crippen molar-refractivity contribution in [1.29, 1.82) is 0 Å². The third-order valence-electron chi connectivity index (χ3n) is 3.40. The lowest BCUT2D eigenvalue weighted by Crippen LogP contribution is -2.07. The molecule has 116 valence electrons. The van der Waals surface area contributed by atoms with Gasteiger partial charge in [0.15, 0.2) is 17.4 Å². The second kappa shape index (κ2) is 5.81. The van der Waals surface area contributed by atoms with Crippen molar-refractivity contribution in [1.82, 2.24) is 9.97 Å². The molecular weight excluding hydrogens is 324 g/mol. The SMILES string of the molecule is NC=C(C(=O)c1c[nH]c2nc(Cl)ccc12)c1cccc(F)c1F. The number of benzene rings is 1. The van der Waals surface area contributed by atoms with Gasteiger partial charge in [0, 0.05) is 34.5 Å². The average Bonchev–Trinajstić information content (AvgIpc) is 2.94. The maximum absolute atomic E-state index is 13.9. The predicted molar refractivity (Wildman–Crippen MR) is 84.0 cm³/mol. The van der Waals surface area contributed by atoms with Gasteiger partial charge in [-0.3, -0.25) is 4.79 Å². The van der Waals surface area contributed by atoms with Gasteiger partial charge in [-0.05, 0) is 18.2 Å². The number of Topliss-reactive ketones (excluding diaryl/α,β-unsaturated/α-hetero) is 1. The Morgan fingerprint density at radius 3 is 2.74 bits per heavy atom. The summed E-state index contributed by atoms with van der Waals surface area (Å²) in [6.07, 6.45) is 2.39. The first-order chi connectivity index (χ1) is 11.0. The van der Waals surface area contributed by atoms with E-state index >= 15 is 0 Å². The molecular formula is C16H10ClF2N3O. The van der Waals surface area contributed by atoms with E-state index in [1.807, 2.05) is 0 Å². The van der Waals surface area contributed by atoms with Crippen molar-refractivity contribution in [2.75, 3.05) is 0 Å². The molecule has 7 heteroatoms. The Hall–Kier alpha value is -2.73. The highest BCUT2D eigenvalue weighted by Gasteiger charge is 2.22. The van der Waals surface area contributed by atoms with Crippen LogP contribution in [-0.4, -0.2) is 15.8 Å². The van der Waals surface area contributed by atoms with Gasteiger partial charge in [-0.2, -0.15) is 0 Å². The number of halogens is 3. The van der Waals surface area contributed by atoms with Crippen LogP contribution in [0.3, 0.4) is 0 Å². The lowest BCUT2D eigenvalue weighted by Gasteiger charge is -2.07. The van der Waals surface area contributed by atoms with E-state index in [0.717, 1.165) is 12.3 Å². The molecule has 3 aromatic rings. The molecule has 0 aliphatic rings. The molecule has 0 aliphatic carbocycles. The number of aromatic nitrogens is 2. The van der Waals surface area contributed by atoms with Crippen molar-refractivity contribution in [3.63, 3.8) is 0 Å². The van der Waals surface area contributed by atoms with Gasteiger partial charge in [-0.15, -0.1) is 0 Å². The summed E-state index contributed by atoms with van der Waals surface area (Å²) in [5.74, 6) is -2.73. The van der Waals surface area contributed by atoms with E-state index in [4.69, 9.17) is 17.3 Å². The first-order valence-corrected chi connectivity index (χ1v) is 6.95. The smallest absolute Gasteiger partial charge is 0.197 e. The molecule has 0 spiro atoms. The summed E-state index contributed by atoms with van der Waals surface area (Å²) < 4.78 is 27.3. The second-order valence-electron chi connectivity index (χ2n) is 4.74. The van der Waals surface area contributed by atoms with Gasteiger partial charge in [0.05, 0.1) is 0 Å². The molecule has 0 atom stereocenters. The van der Waals surface area contributed by atoms with Crippen LogP contribution in [-0.2, 0) is 0 Å². The number of nitrogens with two attached hydrogens (primary N) is 1. The number of carbonyl (C=O) groups is 1. The maximum Gasteiger partial charge on any atom is 0.197 e. The molecule has 0 fully saturated rings. The minimum absolute atomic E-state index is 0.141. The number of rotatable bonds is 3. The normalized spacial score (nSPS) is 11.9. The molecule has 0 bridgehead atoms. The molecule has 0 saturated heterocycles. The Morgan fingerprint density at radius 2 is 2.00 bits per heavy atom. The number of ketones is 1. The fourth-order valence-electron chi connectivity index (χ4n) is 2.31. The standard InChI is InChI=1S/C16H10ClF2N3O/c17-13-5-4-9-11(7-21-16(9)22-13)15(23)10(6-20)8-2-1-3-12(18)14(8)19/h1-7H,20H2,(H,21,22). The van der Waals surface area contributed by atoms with Gasteiger partial charge in [0.1, 0.15) is 10.8 Å². The zero-order valence-electron chi connectivity index (χ0n) is 11.6. The highest BCUT2D eigenvalue weighted by Crippen LogP contribution is 2.27. The van der Waals surface area contributed by atoms with E-state index in [9.17, 15) is 13.6 Å². The van der Waals surface area contributed by atoms with Crippen LogP contribution in [0.4, 0.5) is 8.78 Å². The zero-order chi connectivity index (χ0) is 16.6. The minimum atomic E-state index is -1.13. The van der Waals surface area contributed by atoms with Crippen LogP contribution in [0, 0.1) is 11.6 Å². The van der Waals surface area contributed by atoms with E-state index in [1.165, 1.54) is 24.4 Å². The van der Waals surface area contributed by atoms with Gasteiger partial charge < -0.3 is 10.7 Å². The first-order valence-electron chi connectivity index (χ1n) is 6.57. The highest BCUT2D eigenvalue weighted by molar-refractivity contribution is 6.33. The largest absolute Gasteiger partial charge is 0.404 e. The number of pyridine rings is 1. The first kappa shape index (κ1) is 15.2. The van der Waals surface area contributed by atoms with Crippen LogP contribution in [0.25, 0.3) is 16.6 Å². The molecule has 2 heterocycles. The van der Waals surface area contributed by atoms with Gasteiger partial charge in [0.25, 0.3) is 0 Å². The van der Waals surface area contributed by atoms with Crippen LogP contribution in [0.5, 0.6) is 0 Å². The van der Waals surface area contributed by atoms with Gasteiger partial charge in [-0.1, -0.05) is 23.7 Å². The Bertz CT molecular complexity index is 950. The number of carbonyl (C=O) groups excluding carboxylic acids is 1. The number of aromatic amines is 1. The van der Waals surface area contributed by atoms with Crippen LogP contribution in [0.1, 0.15) is 15.9 Å². The molecule has 0 amide bonds. The molecule has 2 aromatic heterocycles. The third kappa shape index (κ3) is 2.57. The summed E-state index contributed by atoms with van der Waals surface area (Å²) in [5.41, 5.74) is 5.79. The summed E-state index contributed by atoms with van der Waals surface area (Å²) in [5, 5.41) is 0.777. The Morgan fingerprint density at radius 1 is 1.22 bits per heavy atom. The van der Waals surface area contributed by atoms with Crippen LogP contribution in [0.15, 0.2) is 42.7 Å². The van der Waals surface area contributed by atoms with E-state index < -0.39 is 17.4 Å². The number of fused-ring (bicyclic) bond motifs is 1. The van der Waals surface area contributed by atoms with E-state index in [-0.39, 0.29) is 21.9 Å². The van der Waals surface area contributed by atoms with Crippen molar-refractivity contribution in [3.8, 4) is 0 Å². The summed E-state index contributed by atoms with van der Waals surface area (Å²) in [6, 6.07) is 6.71. The number of allylic oxidation sites excluding steroid dienone is 1. The molecule has 1 aromatic carbocycles. The summed E-state index contributed by atoms with van der Waals surface area (Å²) >= 11 is 5.79. The predicted octanol–water partition coefficient (Wildman–Crippen LogP) is 3.68. The van der Waals surface area contributed by atoms with Crippen molar-refractivity contribution >= 4 is 34.0 Å². The van der Waals surface area contributed by atoms with Crippen LogP contribution in [0.2, 0.25) is 5.15 Å². The summed E-state index contributed by atoms with van der Waals surface area (Å²) in [6.45, 7) is 0. The zero-order valence-corrected chi connectivity index (χ0v) is 12.4. The van der Waals surface area contributed by atoms with Gasteiger partial charge in [-0.25, -0.2) is 13.8 Å². The van der Waals surface area contributed by atoms with Gasteiger partial charge in [0.2, 0.25) is 0 Å². The fraction of sp³-hybridized carbons (Fsp3) is 0. The molecule has 0 aliphatic heterocycles. The molecule has 3 rings (SSSR count). The molecule has 3 N–H and O–H groups in total. The number of hydrogen-bond acceptors (Lipinski definition) is 3. The van der Waals surface area contributed by atoms with Crippen molar-refractivity contribution in [2.45, 2.75) is 0 Å². The van der Waals surface area contributed by atoms with Crippen molar-refractivity contribution in [3.05, 3.63) is 70.6 Å². The Labute approximate surface area is 134 Å². The Balaban J connectivity index is 2.11. The monoisotopic (exact) mass is 333 g/mol. The quantitative estimate of drug-likeness (QED) is 0.436. The lowest BCUT2D eigenvalue weighted by molar-refractivity contribution is 0.105. The number of H-pyrrole nitrogens is 1. The van der Waals surface area contributed by atoms with E-state index in [2.05, 4.69) is 9.97 Å². The topological polar surface area (TPSA) is 71.8 Å². The minimum Gasteiger partial charge on any atom is -0.404 e. The maximum atomic E-state index is 13.9. The summed E-state index contributed by atoms with van der Waals surface area (Å²) in [7, 11) is 0. The Kier molecular flexibility index (Phi) is 3.83. The fourth-order valence-corrected chi connectivity index (χ4v) is 2.46. The lowest BCUT2D eigenvalue weighted by atomic mass is 9.97. The number of nitrogens with one attached hydrogen (secondary N) is 1. The number of hydrogen-bond donors (Lipinski definition) is 2. The molecule has 0 radical (unpaired) electrons. The molecule has 23 heavy (non-hydrogen) atoms. The highest BCUT2D eigenvalue weighted by atomic mass is 35.5. The van der Waals surface area contributed by atoms with Crippen LogP contribution < -0.4 is 5.73 Å². The van der Waals surface area contributed by atoms with E-state index in [0.29, 0.717) is 11.0 Å². The van der Waals surface area contributed by atoms with Gasteiger partial charge >= 0.3 is 0 Å². The van der Waals surface area contributed by atoms with Crippen LogP contribution >= 0.6 is 11.6 Å². The second-order valence-corrected chi connectivity index (χ2v) is 5.13. The van der Waals surface area contributed by atoms with E-state index in [1.54, 1.807) is 6.07 Å². The summed E-state index contributed by atoms with van der Waals surface area (Å²) in [4.78, 5) is 19.5. The number of nitrogens with zero attached hydrogens (tertiary/aromatic N) is 1. The molecule has 0 unspecified atom stereocenters. The van der Waals surface area contributed by atoms with Crippen molar-refractivity contribution in [2.24, 2.45) is 5.73 Å². The molecule has 4 nitrogen and oxygen atoms in total. The average molecular weight is 334 g/mol.